The van der Waals surface area contributed by atoms with Crippen LogP contribution in [0.5, 0.6) is 17.6 Å². The molecule has 9 nitrogen and oxygen atoms in total. The monoisotopic (exact) mass is 658 g/mol. The maximum absolute atomic E-state index is 17.1. The van der Waals surface area contributed by atoms with Crippen molar-refractivity contribution in [3.63, 3.8) is 0 Å². The summed E-state index contributed by atoms with van der Waals surface area (Å²) in [5, 5.41) is 11.6. The smallest absolute Gasteiger partial charge is 0.319 e. The molecule has 5 heterocycles. The van der Waals surface area contributed by atoms with Gasteiger partial charge < -0.3 is 24.4 Å². The normalized spacial score (nSPS) is 23.2. The first-order valence-electron chi connectivity index (χ1n) is 16.5. The summed E-state index contributed by atoms with van der Waals surface area (Å²) in [6.45, 7) is 2.67. The van der Waals surface area contributed by atoms with Gasteiger partial charge in [-0.3, -0.25) is 4.90 Å². The molecule has 2 aromatic heterocycles. The molecule has 48 heavy (non-hydrogen) atoms. The minimum atomic E-state index is -0.933. The number of phenolic OH excluding ortho intramolecular Hbond substituents is 1. The van der Waals surface area contributed by atoms with Crippen molar-refractivity contribution in [3.8, 4) is 41.2 Å². The fourth-order valence-corrected chi connectivity index (χ4v) is 8.28. The van der Waals surface area contributed by atoms with Gasteiger partial charge in [-0.1, -0.05) is 12.0 Å². The predicted molar refractivity (Wildman–Crippen MR) is 176 cm³/mol. The molecule has 4 aliphatic rings. The largest absolute Gasteiger partial charge is 0.508 e. The first-order valence-corrected chi connectivity index (χ1v) is 16.5. The fraction of sp³-hybridized carbons (Fsp3) is 0.472. The first kappa shape index (κ1) is 31.0. The average molecular weight is 659 g/mol. The molecule has 4 aromatic rings. The third-order valence-electron chi connectivity index (χ3n) is 11.0. The van der Waals surface area contributed by atoms with E-state index in [0.717, 1.165) is 38.6 Å². The number of terminal acetylenes is 1. The number of aromatic hydroxyl groups is 1. The Hall–Kier alpha value is -4.34. The van der Waals surface area contributed by atoms with Crippen molar-refractivity contribution < 1.29 is 27.8 Å². The van der Waals surface area contributed by atoms with Gasteiger partial charge in [0.1, 0.15) is 53.4 Å². The van der Waals surface area contributed by atoms with E-state index >= 15 is 4.39 Å². The fourth-order valence-electron chi connectivity index (χ4n) is 8.28. The van der Waals surface area contributed by atoms with Crippen LogP contribution in [0, 0.1) is 24.0 Å². The maximum Gasteiger partial charge on any atom is 0.319 e. The van der Waals surface area contributed by atoms with Gasteiger partial charge >= 0.3 is 6.01 Å². The Morgan fingerprint density at radius 3 is 2.69 bits per heavy atom. The minimum absolute atomic E-state index is 0.0291. The molecular formula is C36H37F3N6O3. The van der Waals surface area contributed by atoms with Gasteiger partial charge in [0, 0.05) is 36.0 Å². The van der Waals surface area contributed by atoms with Gasteiger partial charge in [0.25, 0.3) is 0 Å². The van der Waals surface area contributed by atoms with Gasteiger partial charge in [-0.25, -0.2) is 18.2 Å². The number of nitrogens with zero attached hydrogens (tertiary/aromatic N) is 6. The summed E-state index contributed by atoms with van der Waals surface area (Å²) < 4.78 is 59.1. The van der Waals surface area contributed by atoms with Gasteiger partial charge in [-0.05, 0) is 76.3 Å². The second kappa shape index (κ2) is 11.4. The highest BCUT2D eigenvalue weighted by Gasteiger charge is 2.49. The summed E-state index contributed by atoms with van der Waals surface area (Å²) in [6, 6.07) is 5.40. The van der Waals surface area contributed by atoms with Crippen LogP contribution in [-0.4, -0.2) is 101 Å². The molecular weight excluding hydrogens is 621 g/mol. The molecule has 0 radical (unpaired) electrons. The lowest BCUT2D eigenvalue weighted by Crippen LogP contribution is -2.57. The van der Waals surface area contributed by atoms with Gasteiger partial charge in [0.15, 0.2) is 5.82 Å². The zero-order chi connectivity index (χ0) is 33.4. The number of rotatable bonds is 7. The molecule has 1 saturated carbocycles. The van der Waals surface area contributed by atoms with Crippen LogP contribution >= 0.6 is 0 Å². The lowest BCUT2D eigenvalue weighted by atomic mass is 9.75. The van der Waals surface area contributed by atoms with Crippen LogP contribution in [0.3, 0.4) is 0 Å². The third-order valence-corrected chi connectivity index (χ3v) is 11.0. The zero-order valence-electron chi connectivity index (χ0n) is 27.0. The van der Waals surface area contributed by atoms with Crippen molar-refractivity contribution in [2.24, 2.45) is 0 Å². The number of phenols is 1. The van der Waals surface area contributed by atoms with Crippen LogP contribution in [0.15, 0.2) is 24.3 Å². The Morgan fingerprint density at radius 2 is 1.94 bits per heavy atom. The SMILES string of the molecule is C#Cc1c(F)ccc2cc(O)cc(-c3nc4c5c(nc(OC[C@@]67CCCN6C[C@H](F)C7)nc5c3F)N(CC3(N(C)C)CCC3)CCO4)c12. The molecule has 2 atom stereocenters. The lowest BCUT2D eigenvalue weighted by molar-refractivity contribution is 0.0665. The third kappa shape index (κ3) is 4.81. The van der Waals surface area contributed by atoms with Gasteiger partial charge in [0.05, 0.1) is 17.6 Å². The second-order valence-electron chi connectivity index (χ2n) is 13.9. The summed E-state index contributed by atoms with van der Waals surface area (Å²) in [6.07, 6.45) is 10.0. The molecule has 0 unspecified atom stereocenters. The standard InChI is InChI=1S/C36H37F3N6O3/c1-4-24-26(38)8-7-21-15-23(46)16-25(27(21)24)30-29(39)31-28-32(42-34(41-31)48-20-36-11-6-12-45(36)18-22(37)17-36)44(13-14-47-33(28)40-30)19-35(43(2)3)9-5-10-35/h1,7-8,15-16,22,46H,5-6,9-14,17-20H2,2-3H3/t22-,36+/m1/s1. The molecule has 0 spiro atoms. The lowest BCUT2D eigenvalue weighted by Gasteiger charge is -2.49. The Kier molecular flexibility index (Phi) is 7.34. The van der Waals surface area contributed by atoms with Gasteiger partial charge in [0.2, 0.25) is 5.88 Å². The molecule has 3 fully saturated rings. The Balaban J connectivity index is 1.32. The number of fused-ring (bicyclic) bond motifs is 2. The molecule has 1 N–H and O–H groups in total. The summed E-state index contributed by atoms with van der Waals surface area (Å²) in [4.78, 5) is 20.6. The van der Waals surface area contributed by atoms with Crippen molar-refractivity contribution in [1.82, 2.24) is 24.8 Å². The Bertz CT molecular complexity index is 2000. The number of alkyl halides is 1. The van der Waals surface area contributed by atoms with E-state index in [4.69, 9.17) is 20.9 Å². The maximum atomic E-state index is 17.1. The van der Waals surface area contributed by atoms with Crippen molar-refractivity contribution in [2.45, 2.75) is 55.8 Å². The highest BCUT2D eigenvalue weighted by Crippen LogP contribution is 2.45. The summed E-state index contributed by atoms with van der Waals surface area (Å²) >= 11 is 0. The van der Waals surface area contributed by atoms with Crippen LogP contribution in [-0.2, 0) is 0 Å². The van der Waals surface area contributed by atoms with E-state index in [1.54, 1.807) is 0 Å². The Morgan fingerprint density at radius 1 is 1.10 bits per heavy atom. The number of halogens is 3. The molecule has 3 aliphatic heterocycles. The van der Waals surface area contributed by atoms with Crippen LogP contribution in [0.2, 0.25) is 0 Å². The summed E-state index contributed by atoms with van der Waals surface area (Å²) in [7, 11) is 4.14. The Labute approximate surface area is 276 Å². The van der Waals surface area contributed by atoms with E-state index < -0.39 is 23.3 Å². The zero-order valence-corrected chi connectivity index (χ0v) is 27.0. The van der Waals surface area contributed by atoms with E-state index in [1.807, 2.05) is 0 Å². The molecule has 0 amide bonds. The minimum Gasteiger partial charge on any atom is -0.508 e. The number of aromatic nitrogens is 3. The van der Waals surface area contributed by atoms with Crippen LogP contribution in [0.25, 0.3) is 32.9 Å². The van der Waals surface area contributed by atoms with Crippen molar-refractivity contribution in [3.05, 3.63) is 41.5 Å². The highest BCUT2D eigenvalue weighted by molar-refractivity contribution is 6.04. The number of pyridine rings is 1. The number of ether oxygens (including phenoxy) is 2. The number of hydrogen-bond acceptors (Lipinski definition) is 9. The predicted octanol–water partition coefficient (Wildman–Crippen LogP) is 5.45. The number of benzene rings is 2. The molecule has 2 aromatic carbocycles. The van der Waals surface area contributed by atoms with E-state index in [2.05, 4.69) is 44.7 Å². The van der Waals surface area contributed by atoms with Crippen molar-refractivity contribution >= 4 is 27.5 Å². The summed E-state index contributed by atoms with van der Waals surface area (Å²) in [5.41, 5.74) is -0.814. The van der Waals surface area contributed by atoms with Crippen LogP contribution < -0.4 is 14.4 Å². The van der Waals surface area contributed by atoms with Crippen LogP contribution in [0.1, 0.15) is 44.1 Å². The topological polar surface area (TPSA) is 87.1 Å². The number of hydrogen-bond donors (Lipinski definition) is 1. The molecule has 2 saturated heterocycles. The number of anilines is 1. The highest BCUT2D eigenvalue weighted by atomic mass is 19.1. The van der Waals surface area contributed by atoms with E-state index in [1.165, 1.54) is 24.3 Å². The molecule has 12 heteroatoms. The molecule has 250 valence electrons. The quantitative estimate of drug-likeness (QED) is 0.261. The van der Waals surface area contributed by atoms with E-state index in [-0.39, 0.29) is 64.1 Å². The summed E-state index contributed by atoms with van der Waals surface area (Å²) in [5.74, 6) is 1.30. The molecule has 0 bridgehead atoms. The van der Waals surface area contributed by atoms with Crippen molar-refractivity contribution in [2.75, 3.05) is 58.4 Å². The second-order valence-corrected chi connectivity index (χ2v) is 13.9. The van der Waals surface area contributed by atoms with Gasteiger partial charge in [-0.15, -0.1) is 6.42 Å². The van der Waals surface area contributed by atoms with Gasteiger partial charge in [-0.2, -0.15) is 9.97 Å². The number of likely N-dealkylation sites (N-methyl/N-ethyl adjacent to an activating group) is 1. The molecule has 8 rings (SSSR count). The first-order chi connectivity index (χ1) is 23.1. The van der Waals surface area contributed by atoms with E-state index in [9.17, 15) is 13.9 Å². The molecule has 1 aliphatic carbocycles. The van der Waals surface area contributed by atoms with Crippen LogP contribution in [0.4, 0.5) is 19.0 Å². The average Bonchev–Trinajstić information content (AvgIpc) is 3.50. The van der Waals surface area contributed by atoms with Crippen molar-refractivity contribution in [1.29, 1.82) is 0 Å². The van der Waals surface area contributed by atoms with E-state index in [0.29, 0.717) is 42.6 Å².